The van der Waals surface area contributed by atoms with Gasteiger partial charge < -0.3 is 0 Å². The predicted molar refractivity (Wildman–Crippen MR) is 74.8 cm³/mol. The van der Waals surface area contributed by atoms with Crippen molar-refractivity contribution in [3.63, 3.8) is 0 Å². The summed E-state index contributed by atoms with van der Waals surface area (Å²) in [4.78, 5) is 0.184. The molecule has 0 spiro atoms. The van der Waals surface area contributed by atoms with Gasteiger partial charge in [-0.1, -0.05) is 0 Å². The van der Waals surface area contributed by atoms with E-state index in [2.05, 4.69) is 14.9 Å². The Hall–Kier alpha value is -1.67. The Balaban J connectivity index is 2.02. The van der Waals surface area contributed by atoms with Crippen molar-refractivity contribution in [1.82, 2.24) is 24.3 Å². The maximum absolute atomic E-state index is 12.1. The topological polar surface area (TPSA) is 81.8 Å². The maximum atomic E-state index is 12.1. The average Bonchev–Trinajstić information content (AvgIpc) is 3.04. The Morgan fingerprint density at radius 2 is 2.05 bits per heavy atom. The predicted octanol–water partition coefficient (Wildman–Crippen LogP) is 0.947. The molecule has 1 N–H and O–H groups in total. The van der Waals surface area contributed by atoms with E-state index in [1.54, 1.807) is 15.6 Å². The highest BCUT2D eigenvalue weighted by Crippen LogP contribution is 2.09. The van der Waals surface area contributed by atoms with Crippen LogP contribution in [0.4, 0.5) is 0 Å². The lowest BCUT2D eigenvalue weighted by atomic mass is 10.3. The van der Waals surface area contributed by atoms with Gasteiger partial charge in [0.05, 0.1) is 18.4 Å². The molecule has 0 saturated carbocycles. The standard InChI is InChI=1S/C12H19N5O2S/c1-4-16-9-12(7-13-16)20(18,19)15-6-11(3)17-8-10(2)5-14-17/h5,7-9,11,15H,4,6H2,1-3H3. The molecule has 2 aromatic heterocycles. The smallest absolute Gasteiger partial charge is 0.243 e. The summed E-state index contributed by atoms with van der Waals surface area (Å²) in [6, 6.07) is -0.0558. The van der Waals surface area contributed by atoms with Crippen molar-refractivity contribution in [3.05, 3.63) is 30.4 Å². The van der Waals surface area contributed by atoms with E-state index in [4.69, 9.17) is 0 Å². The number of hydrogen-bond acceptors (Lipinski definition) is 4. The molecule has 0 fully saturated rings. The third-order valence-electron chi connectivity index (χ3n) is 2.99. The summed E-state index contributed by atoms with van der Waals surface area (Å²) < 4.78 is 30.1. The Labute approximate surface area is 118 Å². The average molecular weight is 297 g/mol. The van der Waals surface area contributed by atoms with Crippen LogP contribution in [0.5, 0.6) is 0 Å². The van der Waals surface area contributed by atoms with Gasteiger partial charge in [0.2, 0.25) is 10.0 Å². The normalized spacial score (nSPS) is 13.6. The summed E-state index contributed by atoms with van der Waals surface area (Å²) in [6.45, 7) is 6.67. The van der Waals surface area contributed by atoms with Gasteiger partial charge in [0.1, 0.15) is 4.90 Å². The molecule has 7 nitrogen and oxygen atoms in total. The van der Waals surface area contributed by atoms with E-state index in [0.717, 1.165) is 5.56 Å². The van der Waals surface area contributed by atoms with Gasteiger partial charge in [-0.15, -0.1) is 0 Å². The fourth-order valence-corrected chi connectivity index (χ4v) is 2.81. The van der Waals surface area contributed by atoms with Crippen molar-refractivity contribution in [2.45, 2.75) is 38.3 Å². The van der Waals surface area contributed by atoms with Gasteiger partial charge in [-0.2, -0.15) is 10.2 Å². The van der Waals surface area contributed by atoms with Crippen LogP contribution in [0.1, 0.15) is 25.5 Å². The maximum Gasteiger partial charge on any atom is 0.243 e. The first-order chi connectivity index (χ1) is 9.42. The quantitative estimate of drug-likeness (QED) is 0.860. The van der Waals surface area contributed by atoms with Gasteiger partial charge in [0, 0.05) is 25.5 Å². The first kappa shape index (κ1) is 14.7. The largest absolute Gasteiger partial charge is 0.272 e. The third-order valence-corrected chi connectivity index (χ3v) is 4.37. The second-order valence-electron chi connectivity index (χ2n) is 4.73. The van der Waals surface area contributed by atoms with Gasteiger partial charge >= 0.3 is 0 Å². The van der Waals surface area contributed by atoms with Gasteiger partial charge in [0.15, 0.2) is 0 Å². The molecule has 110 valence electrons. The molecule has 0 aliphatic carbocycles. The van der Waals surface area contributed by atoms with Crippen molar-refractivity contribution in [2.75, 3.05) is 6.54 Å². The van der Waals surface area contributed by atoms with Crippen molar-refractivity contribution in [2.24, 2.45) is 0 Å². The highest BCUT2D eigenvalue weighted by molar-refractivity contribution is 7.89. The Morgan fingerprint density at radius 1 is 1.30 bits per heavy atom. The molecular formula is C12H19N5O2S. The molecule has 8 heteroatoms. The van der Waals surface area contributed by atoms with Crippen molar-refractivity contribution >= 4 is 10.0 Å². The number of sulfonamides is 1. The minimum atomic E-state index is -3.52. The van der Waals surface area contributed by atoms with Crippen LogP contribution >= 0.6 is 0 Å². The molecule has 0 saturated heterocycles. The number of aromatic nitrogens is 4. The monoisotopic (exact) mass is 297 g/mol. The van der Waals surface area contributed by atoms with Crippen LogP contribution in [0.3, 0.4) is 0 Å². The lowest BCUT2D eigenvalue weighted by Gasteiger charge is -2.12. The summed E-state index contributed by atoms with van der Waals surface area (Å²) in [5.41, 5.74) is 1.05. The Bertz CT molecular complexity index is 674. The zero-order chi connectivity index (χ0) is 14.8. The van der Waals surface area contributed by atoms with Gasteiger partial charge in [0.25, 0.3) is 0 Å². The molecular weight excluding hydrogens is 278 g/mol. The van der Waals surface area contributed by atoms with E-state index in [0.29, 0.717) is 6.54 Å². The molecule has 1 unspecified atom stereocenters. The van der Waals surface area contributed by atoms with E-state index >= 15 is 0 Å². The second kappa shape index (κ2) is 5.76. The molecule has 0 aliphatic rings. The molecule has 0 aromatic carbocycles. The van der Waals surface area contributed by atoms with Gasteiger partial charge in [-0.25, -0.2) is 13.1 Å². The summed E-state index contributed by atoms with van der Waals surface area (Å²) >= 11 is 0. The minimum Gasteiger partial charge on any atom is -0.272 e. The van der Waals surface area contributed by atoms with E-state index in [-0.39, 0.29) is 17.5 Å². The van der Waals surface area contributed by atoms with E-state index in [1.807, 2.05) is 27.0 Å². The van der Waals surface area contributed by atoms with E-state index < -0.39 is 10.0 Å². The van der Waals surface area contributed by atoms with Crippen molar-refractivity contribution < 1.29 is 8.42 Å². The van der Waals surface area contributed by atoms with Gasteiger partial charge in [-0.3, -0.25) is 9.36 Å². The lowest BCUT2D eigenvalue weighted by Crippen LogP contribution is -2.29. The fourth-order valence-electron chi connectivity index (χ4n) is 1.74. The molecule has 0 amide bonds. The molecule has 1 atom stereocenters. The van der Waals surface area contributed by atoms with Crippen LogP contribution in [-0.2, 0) is 16.6 Å². The molecule has 0 bridgehead atoms. The number of rotatable bonds is 6. The number of hydrogen-bond donors (Lipinski definition) is 1. The first-order valence-corrected chi connectivity index (χ1v) is 7.93. The molecule has 2 rings (SSSR count). The zero-order valence-corrected chi connectivity index (χ0v) is 12.6. The summed E-state index contributed by atoms with van der Waals surface area (Å²) in [5, 5.41) is 8.14. The highest BCUT2D eigenvalue weighted by Gasteiger charge is 2.17. The van der Waals surface area contributed by atoms with Crippen LogP contribution in [0, 0.1) is 6.92 Å². The lowest BCUT2D eigenvalue weighted by molar-refractivity contribution is 0.478. The third kappa shape index (κ3) is 3.26. The molecule has 2 heterocycles. The van der Waals surface area contributed by atoms with Crippen molar-refractivity contribution in [3.8, 4) is 0 Å². The van der Waals surface area contributed by atoms with Crippen LogP contribution in [0.15, 0.2) is 29.7 Å². The Kier molecular flexibility index (Phi) is 4.24. The van der Waals surface area contributed by atoms with Crippen LogP contribution in [0.2, 0.25) is 0 Å². The molecule has 2 aromatic rings. The van der Waals surface area contributed by atoms with E-state index in [9.17, 15) is 8.42 Å². The first-order valence-electron chi connectivity index (χ1n) is 6.45. The van der Waals surface area contributed by atoms with Crippen molar-refractivity contribution in [1.29, 1.82) is 0 Å². The molecule has 0 radical (unpaired) electrons. The van der Waals surface area contributed by atoms with E-state index in [1.165, 1.54) is 12.4 Å². The minimum absolute atomic E-state index is 0.0558. The number of aryl methyl sites for hydroxylation is 2. The Morgan fingerprint density at radius 3 is 2.60 bits per heavy atom. The number of nitrogens with zero attached hydrogens (tertiary/aromatic N) is 4. The summed E-state index contributed by atoms with van der Waals surface area (Å²) in [7, 11) is -3.52. The number of nitrogens with one attached hydrogen (secondary N) is 1. The highest BCUT2D eigenvalue weighted by atomic mass is 32.2. The molecule has 20 heavy (non-hydrogen) atoms. The summed E-state index contributed by atoms with van der Waals surface area (Å²) in [6.07, 6.45) is 6.50. The zero-order valence-electron chi connectivity index (χ0n) is 11.8. The second-order valence-corrected chi connectivity index (χ2v) is 6.50. The van der Waals surface area contributed by atoms with Crippen LogP contribution in [0.25, 0.3) is 0 Å². The molecule has 0 aliphatic heterocycles. The fraction of sp³-hybridized carbons (Fsp3) is 0.500. The van der Waals surface area contributed by atoms with Gasteiger partial charge in [-0.05, 0) is 26.3 Å². The summed E-state index contributed by atoms with van der Waals surface area (Å²) in [5.74, 6) is 0. The van der Waals surface area contributed by atoms with Crippen LogP contribution in [-0.4, -0.2) is 34.5 Å². The SMILES string of the molecule is CCn1cc(S(=O)(=O)NCC(C)n2cc(C)cn2)cn1. The van der Waals surface area contributed by atoms with Crippen LogP contribution < -0.4 is 4.72 Å².